The number of hydrogen-bond donors (Lipinski definition) is 1. The standard InChI is InChI=1S/C16H17N3S/c1-17-13(7-6-12-8-9-20-11-12)16-10-18-14-4-2-3-5-15(14)19-16/h2-5,8-11,13,17H,6-7H2,1H3. The van der Waals surface area contributed by atoms with Crippen molar-refractivity contribution in [1.29, 1.82) is 0 Å². The van der Waals surface area contributed by atoms with Gasteiger partial charge < -0.3 is 5.32 Å². The smallest absolute Gasteiger partial charge is 0.0890 e. The SMILES string of the molecule is CNC(CCc1ccsc1)c1cnc2ccccc2n1. The minimum atomic E-state index is 0.243. The van der Waals surface area contributed by atoms with E-state index >= 15 is 0 Å². The maximum Gasteiger partial charge on any atom is 0.0890 e. The summed E-state index contributed by atoms with van der Waals surface area (Å²) in [5, 5.41) is 7.68. The lowest BCUT2D eigenvalue weighted by Gasteiger charge is -2.15. The highest BCUT2D eigenvalue weighted by Gasteiger charge is 2.12. The Morgan fingerprint density at radius 3 is 2.80 bits per heavy atom. The maximum absolute atomic E-state index is 4.72. The molecule has 3 rings (SSSR count). The van der Waals surface area contributed by atoms with Crippen LogP contribution >= 0.6 is 11.3 Å². The van der Waals surface area contributed by atoms with Crippen LogP contribution in [-0.4, -0.2) is 17.0 Å². The maximum atomic E-state index is 4.72. The molecule has 4 heteroatoms. The third kappa shape index (κ3) is 2.86. The number of benzene rings is 1. The second-order valence-electron chi connectivity index (χ2n) is 4.80. The summed E-state index contributed by atoms with van der Waals surface area (Å²) < 4.78 is 0. The zero-order chi connectivity index (χ0) is 13.8. The summed E-state index contributed by atoms with van der Waals surface area (Å²) in [5.74, 6) is 0. The van der Waals surface area contributed by atoms with E-state index in [-0.39, 0.29) is 6.04 Å². The molecule has 102 valence electrons. The second-order valence-corrected chi connectivity index (χ2v) is 5.58. The predicted octanol–water partition coefficient (Wildman–Crippen LogP) is 3.58. The van der Waals surface area contributed by atoms with Gasteiger partial charge in [0.2, 0.25) is 0 Å². The molecule has 0 fully saturated rings. The third-order valence-corrected chi connectivity index (χ3v) is 4.21. The predicted molar refractivity (Wildman–Crippen MR) is 84.0 cm³/mol. The van der Waals surface area contributed by atoms with Gasteiger partial charge in [-0.1, -0.05) is 12.1 Å². The molecule has 20 heavy (non-hydrogen) atoms. The van der Waals surface area contributed by atoms with Crippen LogP contribution in [0.4, 0.5) is 0 Å². The van der Waals surface area contributed by atoms with Crippen LogP contribution in [0.15, 0.2) is 47.3 Å². The highest BCUT2D eigenvalue weighted by Crippen LogP contribution is 2.19. The molecular weight excluding hydrogens is 266 g/mol. The summed E-state index contributed by atoms with van der Waals surface area (Å²) in [6.07, 6.45) is 3.97. The molecule has 0 radical (unpaired) electrons. The van der Waals surface area contributed by atoms with Crippen molar-refractivity contribution in [2.45, 2.75) is 18.9 Å². The third-order valence-electron chi connectivity index (χ3n) is 3.47. The fourth-order valence-electron chi connectivity index (χ4n) is 2.33. The van der Waals surface area contributed by atoms with Crippen LogP contribution in [0.5, 0.6) is 0 Å². The molecule has 1 atom stereocenters. The molecule has 2 heterocycles. The van der Waals surface area contributed by atoms with Gasteiger partial charge in [0.15, 0.2) is 0 Å². The van der Waals surface area contributed by atoms with Crippen LogP contribution in [0.1, 0.15) is 23.7 Å². The number of nitrogens with zero attached hydrogens (tertiary/aromatic N) is 2. The minimum absolute atomic E-state index is 0.243. The summed E-state index contributed by atoms with van der Waals surface area (Å²) in [5.41, 5.74) is 4.31. The number of thiophene rings is 1. The highest BCUT2D eigenvalue weighted by molar-refractivity contribution is 7.07. The number of aromatic nitrogens is 2. The van der Waals surface area contributed by atoms with Gasteiger partial charge in [0, 0.05) is 0 Å². The molecule has 0 aliphatic carbocycles. The molecule has 0 amide bonds. The minimum Gasteiger partial charge on any atom is -0.312 e. The molecule has 0 saturated carbocycles. The molecule has 1 unspecified atom stereocenters. The molecule has 0 saturated heterocycles. The van der Waals surface area contributed by atoms with E-state index in [1.807, 2.05) is 37.5 Å². The first-order valence-corrected chi connectivity index (χ1v) is 7.71. The number of rotatable bonds is 5. The van der Waals surface area contributed by atoms with E-state index in [9.17, 15) is 0 Å². The first-order chi connectivity index (χ1) is 9.86. The number of hydrogen-bond acceptors (Lipinski definition) is 4. The second kappa shape index (κ2) is 6.11. The van der Waals surface area contributed by atoms with Gasteiger partial charge in [-0.3, -0.25) is 4.98 Å². The topological polar surface area (TPSA) is 37.8 Å². The lowest BCUT2D eigenvalue weighted by molar-refractivity contribution is 0.536. The van der Waals surface area contributed by atoms with Crippen LogP contribution < -0.4 is 5.32 Å². The van der Waals surface area contributed by atoms with E-state index in [0.717, 1.165) is 29.6 Å². The van der Waals surface area contributed by atoms with Gasteiger partial charge in [-0.2, -0.15) is 11.3 Å². The molecule has 3 aromatic rings. The number of fused-ring (bicyclic) bond motifs is 1. The molecular formula is C16H17N3S. The van der Waals surface area contributed by atoms with Crippen molar-refractivity contribution in [3.63, 3.8) is 0 Å². The Hall–Kier alpha value is -1.78. The number of nitrogens with one attached hydrogen (secondary N) is 1. The Balaban J connectivity index is 1.79. The monoisotopic (exact) mass is 283 g/mol. The van der Waals surface area contributed by atoms with Gasteiger partial charge in [-0.05, 0) is 54.4 Å². The zero-order valence-corrected chi connectivity index (χ0v) is 12.2. The van der Waals surface area contributed by atoms with Crippen molar-refractivity contribution in [3.05, 3.63) is 58.5 Å². The number of para-hydroxylation sites is 2. The van der Waals surface area contributed by atoms with E-state index in [4.69, 9.17) is 4.98 Å². The summed E-state index contributed by atoms with van der Waals surface area (Å²) in [4.78, 5) is 9.22. The van der Waals surface area contributed by atoms with Crippen molar-refractivity contribution >= 4 is 22.4 Å². The summed E-state index contributed by atoms with van der Waals surface area (Å²) in [7, 11) is 1.98. The fraction of sp³-hybridized carbons (Fsp3) is 0.250. The normalized spacial score (nSPS) is 12.7. The Kier molecular flexibility index (Phi) is 4.04. The van der Waals surface area contributed by atoms with E-state index in [1.165, 1.54) is 5.56 Å². The molecule has 2 aromatic heterocycles. The van der Waals surface area contributed by atoms with Gasteiger partial charge in [0.25, 0.3) is 0 Å². The number of aryl methyl sites for hydroxylation is 1. The van der Waals surface area contributed by atoms with Crippen LogP contribution in [0.25, 0.3) is 11.0 Å². The molecule has 0 bridgehead atoms. The molecule has 3 nitrogen and oxygen atoms in total. The highest BCUT2D eigenvalue weighted by atomic mass is 32.1. The molecule has 0 aliphatic heterocycles. The zero-order valence-electron chi connectivity index (χ0n) is 11.4. The van der Waals surface area contributed by atoms with Crippen molar-refractivity contribution in [3.8, 4) is 0 Å². The van der Waals surface area contributed by atoms with Crippen LogP contribution in [0.3, 0.4) is 0 Å². The van der Waals surface area contributed by atoms with Gasteiger partial charge in [0.1, 0.15) is 0 Å². The first kappa shape index (κ1) is 13.2. The van der Waals surface area contributed by atoms with E-state index in [0.29, 0.717) is 0 Å². The first-order valence-electron chi connectivity index (χ1n) is 6.77. The molecule has 1 aromatic carbocycles. The Morgan fingerprint density at radius 1 is 1.20 bits per heavy atom. The molecule has 0 aliphatic rings. The van der Waals surface area contributed by atoms with Gasteiger partial charge in [-0.15, -0.1) is 0 Å². The van der Waals surface area contributed by atoms with E-state index in [2.05, 4.69) is 27.1 Å². The lowest BCUT2D eigenvalue weighted by atomic mass is 10.1. The molecule has 0 spiro atoms. The fourth-order valence-corrected chi connectivity index (χ4v) is 3.03. The quantitative estimate of drug-likeness (QED) is 0.777. The van der Waals surface area contributed by atoms with E-state index in [1.54, 1.807) is 11.3 Å². The van der Waals surface area contributed by atoms with Gasteiger partial charge in [0.05, 0.1) is 29.0 Å². The van der Waals surface area contributed by atoms with Crippen molar-refractivity contribution in [2.75, 3.05) is 7.05 Å². The van der Waals surface area contributed by atoms with E-state index < -0.39 is 0 Å². The van der Waals surface area contributed by atoms with Crippen LogP contribution in [-0.2, 0) is 6.42 Å². The van der Waals surface area contributed by atoms with Crippen molar-refractivity contribution in [1.82, 2.24) is 15.3 Å². The summed E-state index contributed by atoms with van der Waals surface area (Å²) in [6, 6.07) is 10.4. The van der Waals surface area contributed by atoms with Gasteiger partial charge in [-0.25, -0.2) is 4.98 Å². The van der Waals surface area contributed by atoms with Crippen molar-refractivity contribution < 1.29 is 0 Å². The average molecular weight is 283 g/mol. The Bertz CT molecular complexity index is 679. The largest absolute Gasteiger partial charge is 0.312 e. The summed E-state index contributed by atoms with van der Waals surface area (Å²) in [6.45, 7) is 0. The van der Waals surface area contributed by atoms with Crippen molar-refractivity contribution in [2.24, 2.45) is 0 Å². The Labute approximate surface area is 122 Å². The van der Waals surface area contributed by atoms with Crippen LogP contribution in [0, 0.1) is 0 Å². The summed E-state index contributed by atoms with van der Waals surface area (Å²) >= 11 is 1.75. The van der Waals surface area contributed by atoms with Gasteiger partial charge >= 0.3 is 0 Å². The average Bonchev–Trinajstić information content (AvgIpc) is 3.01. The molecule has 1 N–H and O–H groups in total. The van der Waals surface area contributed by atoms with Crippen LogP contribution in [0.2, 0.25) is 0 Å². The lowest BCUT2D eigenvalue weighted by Crippen LogP contribution is -2.18. The Morgan fingerprint density at radius 2 is 2.05 bits per heavy atom.